The van der Waals surface area contributed by atoms with E-state index in [4.69, 9.17) is 4.74 Å². The highest BCUT2D eigenvalue weighted by Crippen LogP contribution is 2.56. The Morgan fingerprint density at radius 1 is 1.10 bits per heavy atom. The molecule has 0 radical (unpaired) electrons. The fraction of sp³-hybridized carbons (Fsp3) is 0.414. The normalized spacial score (nSPS) is 18.0. The number of nitrogens with zero attached hydrogens (tertiary/aromatic N) is 4. The summed E-state index contributed by atoms with van der Waals surface area (Å²) in [6, 6.07) is 11.3. The largest absolute Gasteiger partial charge is 0.494 e. The Morgan fingerprint density at radius 2 is 1.88 bits per heavy atom. The van der Waals surface area contributed by atoms with Gasteiger partial charge in [0.15, 0.2) is 0 Å². The molecule has 210 valence electrons. The molecule has 1 saturated heterocycles. The van der Waals surface area contributed by atoms with Crippen molar-refractivity contribution in [2.75, 3.05) is 55.9 Å². The van der Waals surface area contributed by atoms with Crippen LogP contribution in [0.15, 0.2) is 42.6 Å². The number of aromatic nitrogens is 2. The molecule has 0 bridgehead atoms. The summed E-state index contributed by atoms with van der Waals surface area (Å²) < 4.78 is 47.3. The van der Waals surface area contributed by atoms with Gasteiger partial charge in [-0.1, -0.05) is 12.1 Å². The topological polar surface area (TPSA) is 82.6 Å². The molecule has 1 saturated carbocycles. The number of rotatable bonds is 7. The van der Waals surface area contributed by atoms with E-state index in [1.54, 1.807) is 7.11 Å². The SMILES string of the molecule is COc1cc(N2CCN(C)CC2)ccc1Nc1ncc(C(F)(F)F)c(CCc2cccc3c2C2(CC2)C(=O)N3)n1. The first kappa shape index (κ1) is 26.4. The Labute approximate surface area is 230 Å². The number of benzene rings is 2. The van der Waals surface area contributed by atoms with Gasteiger partial charge in [0.05, 0.1) is 29.5 Å². The second-order valence-electron chi connectivity index (χ2n) is 10.7. The van der Waals surface area contributed by atoms with Gasteiger partial charge in [-0.25, -0.2) is 9.97 Å². The van der Waals surface area contributed by atoms with Gasteiger partial charge in [0, 0.05) is 49.8 Å². The Bertz CT molecular complexity index is 1450. The number of fused-ring (bicyclic) bond motifs is 2. The molecule has 0 unspecified atom stereocenters. The van der Waals surface area contributed by atoms with Gasteiger partial charge >= 0.3 is 6.18 Å². The van der Waals surface area contributed by atoms with Crippen LogP contribution in [0.2, 0.25) is 0 Å². The van der Waals surface area contributed by atoms with E-state index in [9.17, 15) is 18.0 Å². The molecule has 3 aromatic rings. The number of anilines is 4. The summed E-state index contributed by atoms with van der Waals surface area (Å²) in [5.41, 5.74) is 2.64. The molecule has 40 heavy (non-hydrogen) atoms. The van der Waals surface area contributed by atoms with E-state index >= 15 is 0 Å². The standard InChI is InChI=1S/C29H31F3N6O2/c1-37-12-14-38(15-13-37)19-7-9-22(24(16-19)40-2)36-27-33-17-20(29(30,31)32)21(35-27)8-6-18-4-3-5-23-25(18)28(10-11-28)26(39)34-23/h3-5,7,9,16-17H,6,8,10-15H2,1-2H3,(H,34,39)(H,33,35,36). The zero-order valence-electron chi connectivity index (χ0n) is 22.4. The van der Waals surface area contributed by atoms with Crippen molar-refractivity contribution in [3.8, 4) is 5.75 Å². The van der Waals surface area contributed by atoms with Crippen molar-refractivity contribution in [2.24, 2.45) is 0 Å². The number of piperazine rings is 1. The summed E-state index contributed by atoms with van der Waals surface area (Å²) in [6.45, 7) is 3.72. The van der Waals surface area contributed by atoms with Crippen LogP contribution >= 0.6 is 0 Å². The van der Waals surface area contributed by atoms with Crippen LogP contribution in [0.4, 0.5) is 36.2 Å². The van der Waals surface area contributed by atoms with Crippen LogP contribution in [0.3, 0.4) is 0 Å². The van der Waals surface area contributed by atoms with Gasteiger partial charge in [0.25, 0.3) is 0 Å². The first-order chi connectivity index (χ1) is 19.2. The maximum Gasteiger partial charge on any atom is 0.419 e. The molecule has 6 rings (SSSR count). The van der Waals surface area contributed by atoms with Crippen LogP contribution < -0.4 is 20.3 Å². The Morgan fingerprint density at radius 3 is 2.58 bits per heavy atom. The maximum absolute atomic E-state index is 13.9. The molecule has 2 N–H and O–H groups in total. The summed E-state index contributed by atoms with van der Waals surface area (Å²) in [4.78, 5) is 25.4. The molecular formula is C29H31F3N6O2. The third-order valence-corrected chi connectivity index (χ3v) is 8.17. The van der Waals surface area contributed by atoms with Crippen LogP contribution in [0.1, 0.15) is 35.2 Å². The van der Waals surface area contributed by atoms with Gasteiger partial charge in [0.2, 0.25) is 11.9 Å². The minimum absolute atomic E-state index is 0.0213. The number of alkyl halides is 3. The highest BCUT2D eigenvalue weighted by molar-refractivity contribution is 6.08. The lowest BCUT2D eigenvalue weighted by molar-refractivity contribution is -0.138. The fourth-order valence-electron chi connectivity index (χ4n) is 5.76. The highest BCUT2D eigenvalue weighted by atomic mass is 19.4. The monoisotopic (exact) mass is 552 g/mol. The zero-order valence-corrected chi connectivity index (χ0v) is 22.4. The van der Waals surface area contributed by atoms with E-state index in [1.807, 2.05) is 36.4 Å². The molecule has 2 aliphatic heterocycles. The minimum atomic E-state index is -4.59. The van der Waals surface area contributed by atoms with E-state index < -0.39 is 17.2 Å². The van der Waals surface area contributed by atoms with E-state index in [2.05, 4.69) is 37.4 Å². The predicted molar refractivity (Wildman–Crippen MR) is 146 cm³/mol. The van der Waals surface area contributed by atoms with Gasteiger partial charge in [-0.15, -0.1) is 0 Å². The first-order valence-corrected chi connectivity index (χ1v) is 13.4. The Balaban J connectivity index is 1.25. The number of carbonyl (C=O) groups excluding carboxylic acids is 1. The Kier molecular flexibility index (Phi) is 6.56. The third-order valence-electron chi connectivity index (χ3n) is 8.17. The lowest BCUT2D eigenvalue weighted by Crippen LogP contribution is -2.44. The van der Waals surface area contributed by atoms with Gasteiger partial charge in [-0.2, -0.15) is 13.2 Å². The second kappa shape index (κ2) is 9.96. The summed E-state index contributed by atoms with van der Waals surface area (Å²) in [6.07, 6.45) is -1.88. The lowest BCUT2D eigenvalue weighted by atomic mass is 9.90. The van der Waals surface area contributed by atoms with Crippen molar-refractivity contribution in [2.45, 2.75) is 37.3 Å². The number of hydrogen-bond donors (Lipinski definition) is 2. The molecule has 1 amide bonds. The molecular weight excluding hydrogens is 521 g/mol. The van der Waals surface area contributed by atoms with Crippen LogP contribution in [0.5, 0.6) is 5.75 Å². The van der Waals surface area contributed by atoms with Crippen molar-refractivity contribution in [1.82, 2.24) is 14.9 Å². The summed E-state index contributed by atoms with van der Waals surface area (Å²) >= 11 is 0. The number of methoxy groups -OCH3 is 1. The fourth-order valence-corrected chi connectivity index (χ4v) is 5.76. The third kappa shape index (κ3) is 4.83. The predicted octanol–water partition coefficient (Wildman–Crippen LogP) is 4.77. The summed E-state index contributed by atoms with van der Waals surface area (Å²) in [5.74, 6) is 0.586. The van der Waals surface area contributed by atoms with Crippen molar-refractivity contribution < 1.29 is 22.7 Å². The quantitative estimate of drug-likeness (QED) is 0.437. The molecule has 1 spiro atoms. The first-order valence-electron chi connectivity index (χ1n) is 13.4. The summed E-state index contributed by atoms with van der Waals surface area (Å²) in [5, 5.41) is 5.98. The molecule has 8 nitrogen and oxygen atoms in total. The van der Waals surface area contributed by atoms with E-state index in [0.717, 1.165) is 67.7 Å². The zero-order chi connectivity index (χ0) is 28.1. The molecule has 11 heteroatoms. The summed E-state index contributed by atoms with van der Waals surface area (Å²) in [7, 11) is 3.65. The average Bonchev–Trinajstić information content (AvgIpc) is 3.68. The van der Waals surface area contributed by atoms with Crippen LogP contribution in [0, 0.1) is 0 Å². The van der Waals surface area contributed by atoms with E-state index in [-0.39, 0.29) is 24.0 Å². The van der Waals surface area contributed by atoms with Gasteiger partial charge in [-0.05, 0) is 62.1 Å². The molecule has 3 heterocycles. The number of hydrogen-bond acceptors (Lipinski definition) is 7. The average molecular weight is 553 g/mol. The van der Waals surface area contributed by atoms with Gasteiger partial charge < -0.3 is 25.2 Å². The van der Waals surface area contributed by atoms with E-state index in [1.165, 1.54) is 0 Å². The number of aryl methyl sites for hydroxylation is 2. The van der Waals surface area contributed by atoms with Gasteiger partial charge in [0.1, 0.15) is 5.75 Å². The number of nitrogens with one attached hydrogen (secondary N) is 2. The lowest BCUT2D eigenvalue weighted by Gasteiger charge is -2.34. The minimum Gasteiger partial charge on any atom is -0.494 e. The number of amides is 1. The molecule has 3 aliphatic rings. The smallest absolute Gasteiger partial charge is 0.419 e. The number of carbonyl (C=O) groups is 1. The van der Waals surface area contributed by atoms with Crippen LogP contribution in [-0.4, -0.2) is 61.1 Å². The molecule has 2 aromatic carbocycles. The van der Waals surface area contributed by atoms with Crippen molar-refractivity contribution >= 4 is 28.9 Å². The van der Waals surface area contributed by atoms with Crippen molar-refractivity contribution in [1.29, 1.82) is 0 Å². The van der Waals surface area contributed by atoms with Crippen molar-refractivity contribution in [3.63, 3.8) is 0 Å². The maximum atomic E-state index is 13.9. The number of likely N-dealkylation sites (N-methyl/N-ethyl adjacent to an activating group) is 1. The molecule has 1 aliphatic carbocycles. The van der Waals surface area contributed by atoms with Crippen molar-refractivity contribution in [3.05, 3.63) is 65.0 Å². The molecule has 0 atom stereocenters. The Hall–Kier alpha value is -3.86. The highest BCUT2D eigenvalue weighted by Gasteiger charge is 2.57. The molecule has 2 fully saturated rings. The van der Waals surface area contributed by atoms with Crippen LogP contribution in [0.25, 0.3) is 0 Å². The van der Waals surface area contributed by atoms with E-state index in [0.29, 0.717) is 17.9 Å². The molecule has 1 aromatic heterocycles. The van der Waals surface area contributed by atoms with Crippen LogP contribution in [-0.2, 0) is 29.2 Å². The second-order valence-corrected chi connectivity index (χ2v) is 10.7. The van der Waals surface area contributed by atoms with Gasteiger partial charge in [-0.3, -0.25) is 4.79 Å². The number of ether oxygens (including phenoxy) is 1. The number of halogens is 3.